The fraction of sp³-hybridized carbons (Fsp3) is 0.556. The van der Waals surface area contributed by atoms with Crippen LogP contribution in [0.25, 0.3) is 0 Å². The van der Waals surface area contributed by atoms with Gasteiger partial charge < -0.3 is 15.5 Å². The monoisotopic (exact) mass is 394 g/mol. The highest BCUT2D eigenvalue weighted by molar-refractivity contribution is 7.89. The van der Waals surface area contributed by atoms with Crippen molar-refractivity contribution < 1.29 is 18.0 Å². The van der Waals surface area contributed by atoms with Gasteiger partial charge in [-0.15, -0.1) is 0 Å². The standard InChI is InChI=1S/C18H26N4O4S/c1-14(23)21-8-10-22(11-9-21)27(25,26)17-6-2-4-15(12-17)18(24)20-13-16-5-3-7-19-16/h2,4,6,12,16,19H,3,5,7-11,13H2,1H3,(H,20,24). The molecular formula is C18H26N4O4S. The fourth-order valence-electron chi connectivity index (χ4n) is 3.44. The maximum atomic E-state index is 12.9. The number of nitrogens with one attached hydrogen (secondary N) is 2. The molecule has 148 valence electrons. The van der Waals surface area contributed by atoms with Crippen LogP contribution in [0.3, 0.4) is 0 Å². The number of hydrogen-bond acceptors (Lipinski definition) is 5. The first-order valence-corrected chi connectivity index (χ1v) is 10.7. The lowest BCUT2D eigenvalue weighted by molar-refractivity contribution is -0.129. The van der Waals surface area contributed by atoms with Crippen molar-refractivity contribution in [3.63, 3.8) is 0 Å². The molecule has 0 radical (unpaired) electrons. The van der Waals surface area contributed by atoms with Crippen molar-refractivity contribution >= 4 is 21.8 Å². The van der Waals surface area contributed by atoms with Gasteiger partial charge in [0.05, 0.1) is 4.90 Å². The summed E-state index contributed by atoms with van der Waals surface area (Å²) in [5, 5.41) is 6.17. The van der Waals surface area contributed by atoms with E-state index in [0.717, 1.165) is 19.4 Å². The van der Waals surface area contributed by atoms with E-state index >= 15 is 0 Å². The summed E-state index contributed by atoms with van der Waals surface area (Å²) in [7, 11) is -3.69. The summed E-state index contributed by atoms with van der Waals surface area (Å²) in [6, 6.07) is 6.40. The summed E-state index contributed by atoms with van der Waals surface area (Å²) in [6.45, 7) is 4.24. The predicted octanol–water partition coefficient (Wildman–Crippen LogP) is 0.0212. The van der Waals surface area contributed by atoms with E-state index in [4.69, 9.17) is 0 Å². The van der Waals surface area contributed by atoms with E-state index in [-0.39, 0.29) is 35.8 Å². The Hall–Kier alpha value is -1.97. The number of carbonyl (C=O) groups excluding carboxylic acids is 2. The zero-order valence-electron chi connectivity index (χ0n) is 15.5. The van der Waals surface area contributed by atoms with Gasteiger partial charge in [0.15, 0.2) is 0 Å². The molecule has 0 bridgehead atoms. The molecule has 0 aromatic heterocycles. The quantitative estimate of drug-likeness (QED) is 0.734. The third-order valence-electron chi connectivity index (χ3n) is 5.09. The lowest BCUT2D eigenvalue weighted by atomic mass is 10.2. The molecule has 9 heteroatoms. The summed E-state index contributed by atoms with van der Waals surface area (Å²) in [5.74, 6) is -0.329. The van der Waals surface area contributed by atoms with Crippen LogP contribution in [0.1, 0.15) is 30.1 Å². The fourth-order valence-corrected chi connectivity index (χ4v) is 4.91. The first-order valence-electron chi connectivity index (χ1n) is 9.25. The zero-order valence-corrected chi connectivity index (χ0v) is 16.3. The highest BCUT2D eigenvalue weighted by atomic mass is 32.2. The minimum absolute atomic E-state index is 0.0533. The van der Waals surface area contributed by atoms with E-state index < -0.39 is 10.0 Å². The number of benzene rings is 1. The highest BCUT2D eigenvalue weighted by Gasteiger charge is 2.29. The predicted molar refractivity (Wildman–Crippen MR) is 101 cm³/mol. The van der Waals surface area contributed by atoms with E-state index in [1.807, 2.05) is 0 Å². The van der Waals surface area contributed by atoms with Gasteiger partial charge in [-0.3, -0.25) is 9.59 Å². The lowest BCUT2D eigenvalue weighted by Crippen LogP contribution is -2.49. The Morgan fingerprint density at radius 1 is 1.22 bits per heavy atom. The summed E-state index contributed by atoms with van der Waals surface area (Å²) < 4.78 is 27.1. The topological polar surface area (TPSA) is 98.8 Å². The minimum Gasteiger partial charge on any atom is -0.350 e. The molecule has 1 aromatic carbocycles. The second-order valence-corrected chi connectivity index (χ2v) is 8.88. The van der Waals surface area contributed by atoms with Gasteiger partial charge >= 0.3 is 0 Å². The van der Waals surface area contributed by atoms with Crippen LogP contribution >= 0.6 is 0 Å². The van der Waals surface area contributed by atoms with Crippen molar-refractivity contribution in [1.82, 2.24) is 19.8 Å². The second-order valence-electron chi connectivity index (χ2n) is 6.94. The minimum atomic E-state index is -3.69. The van der Waals surface area contributed by atoms with Gasteiger partial charge in [0.1, 0.15) is 0 Å². The summed E-state index contributed by atoms with van der Waals surface area (Å²) >= 11 is 0. The molecule has 1 aromatic rings. The Kier molecular flexibility index (Phi) is 6.13. The van der Waals surface area contributed by atoms with Gasteiger partial charge in [0.25, 0.3) is 5.91 Å². The molecule has 2 heterocycles. The van der Waals surface area contributed by atoms with Crippen molar-refractivity contribution in [2.24, 2.45) is 0 Å². The molecule has 27 heavy (non-hydrogen) atoms. The summed E-state index contributed by atoms with van der Waals surface area (Å²) in [4.78, 5) is 25.5. The molecule has 8 nitrogen and oxygen atoms in total. The largest absolute Gasteiger partial charge is 0.350 e. The number of piperazine rings is 1. The van der Waals surface area contributed by atoms with Crippen LogP contribution in [-0.4, -0.2) is 74.7 Å². The number of rotatable bonds is 5. The van der Waals surface area contributed by atoms with Crippen LogP contribution in [0.15, 0.2) is 29.2 Å². The summed E-state index contributed by atoms with van der Waals surface area (Å²) in [5.41, 5.74) is 0.330. The van der Waals surface area contributed by atoms with Crippen molar-refractivity contribution in [2.75, 3.05) is 39.3 Å². The smallest absolute Gasteiger partial charge is 0.251 e. The first kappa shape index (κ1) is 19.8. The van der Waals surface area contributed by atoms with Crippen LogP contribution < -0.4 is 10.6 Å². The van der Waals surface area contributed by atoms with Gasteiger partial charge in [-0.2, -0.15) is 4.31 Å². The highest BCUT2D eigenvalue weighted by Crippen LogP contribution is 2.19. The summed E-state index contributed by atoms with van der Waals surface area (Å²) in [6.07, 6.45) is 2.13. The van der Waals surface area contributed by atoms with Crippen LogP contribution in [0, 0.1) is 0 Å². The molecule has 2 aliphatic rings. The average molecular weight is 394 g/mol. The third-order valence-corrected chi connectivity index (χ3v) is 6.98. The van der Waals surface area contributed by atoms with Gasteiger partial charge in [-0.05, 0) is 37.6 Å². The zero-order chi connectivity index (χ0) is 19.4. The van der Waals surface area contributed by atoms with E-state index in [2.05, 4.69) is 10.6 Å². The van der Waals surface area contributed by atoms with Gasteiger partial charge in [0, 0.05) is 51.3 Å². The molecule has 2 fully saturated rings. The lowest BCUT2D eigenvalue weighted by Gasteiger charge is -2.33. The molecule has 3 rings (SSSR count). The molecule has 1 unspecified atom stereocenters. The number of carbonyl (C=O) groups is 2. The van der Waals surface area contributed by atoms with Crippen LogP contribution in [-0.2, 0) is 14.8 Å². The molecular weight excluding hydrogens is 368 g/mol. The Labute approximate surface area is 160 Å². The van der Waals surface area contributed by atoms with Gasteiger partial charge in [-0.1, -0.05) is 6.07 Å². The van der Waals surface area contributed by atoms with Gasteiger partial charge in [-0.25, -0.2) is 8.42 Å². The number of amides is 2. The second kappa shape index (κ2) is 8.37. The molecule has 1 atom stereocenters. The van der Waals surface area contributed by atoms with E-state index in [9.17, 15) is 18.0 Å². The first-order chi connectivity index (χ1) is 12.9. The molecule has 2 saturated heterocycles. The molecule has 2 aliphatic heterocycles. The third kappa shape index (κ3) is 4.66. The maximum Gasteiger partial charge on any atom is 0.251 e. The van der Waals surface area contributed by atoms with Crippen molar-refractivity contribution in [3.05, 3.63) is 29.8 Å². The average Bonchev–Trinajstić information content (AvgIpc) is 3.20. The number of nitrogens with zero attached hydrogens (tertiary/aromatic N) is 2. The number of hydrogen-bond donors (Lipinski definition) is 2. The van der Waals surface area contributed by atoms with Crippen LogP contribution in [0.5, 0.6) is 0 Å². The molecule has 2 N–H and O–H groups in total. The van der Waals surface area contributed by atoms with Crippen LogP contribution in [0.4, 0.5) is 0 Å². The molecule has 0 saturated carbocycles. The Morgan fingerprint density at radius 2 is 1.96 bits per heavy atom. The van der Waals surface area contributed by atoms with Crippen molar-refractivity contribution in [2.45, 2.75) is 30.7 Å². The Bertz CT molecular complexity index is 797. The molecule has 0 aliphatic carbocycles. The van der Waals surface area contributed by atoms with E-state index in [1.54, 1.807) is 17.0 Å². The maximum absolute atomic E-state index is 12.9. The SMILES string of the molecule is CC(=O)N1CCN(S(=O)(=O)c2cccc(C(=O)NCC3CCCN3)c2)CC1. The van der Waals surface area contributed by atoms with Crippen molar-refractivity contribution in [3.8, 4) is 0 Å². The molecule has 2 amide bonds. The molecule has 0 spiro atoms. The van der Waals surface area contributed by atoms with Crippen molar-refractivity contribution in [1.29, 1.82) is 0 Å². The Morgan fingerprint density at radius 3 is 2.59 bits per heavy atom. The van der Waals surface area contributed by atoms with Gasteiger partial charge in [0.2, 0.25) is 15.9 Å². The van der Waals surface area contributed by atoms with E-state index in [0.29, 0.717) is 25.2 Å². The normalized spacial score (nSPS) is 21.2. The Balaban J connectivity index is 1.66. The number of sulfonamides is 1. The van der Waals surface area contributed by atoms with E-state index in [1.165, 1.54) is 23.4 Å². The van der Waals surface area contributed by atoms with Crippen LogP contribution in [0.2, 0.25) is 0 Å².